The number of rotatable bonds is 54. The maximum atomic E-state index is 13.5. The zero-order chi connectivity index (χ0) is 50.1. The number of phosphoric ester groups is 1. The first-order valence-corrected chi connectivity index (χ1v) is 31.0. The first kappa shape index (κ1) is 66.8. The molecule has 0 rings (SSSR count). The summed E-state index contributed by atoms with van der Waals surface area (Å²) < 4.78 is 30.6. The first-order valence-electron chi connectivity index (χ1n) is 29.5. The molecule has 0 aromatic carbocycles. The van der Waals surface area contributed by atoms with Crippen molar-refractivity contribution in [2.45, 2.75) is 309 Å². The molecule has 3 unspecified atom stereocenters. The van der Waals surface area contributed by atoms with Crippen molar-refractivity contribution in [1.82, 2.24) is 5.32 Å². The normalized spacial score (nSPS) is 13.8. The van der Waals surface area contributed by atoms with E-state index in [4.69, 9.17) is 13.8 Å². The van der Waals surface area contributed by atoms with Crippen LogP contribution >= 0.6 is 7.82 Å². The Bertz CT molecular complexity index is 1180. The molecule has 0 saturated heterocycles. The predicted octanol–water partition coefficient (Wildman–Crippen LogP) is 17.6. The molecule has 0 aliphatic heterocycles. The van der Waals surface area contributed by atoms with Crippen LogP contribution < -0.4 is 5.32 Å². The van der Waals surface area contributed by atoms with E-state index < -0.39 is 20.0 Å². The number of esters is 1. The van der Waals surface area contributed by atoms with Gasteiger partial charge in [0, 0.05) is 12.8 Å². The van der Waals surface area contributed by atoms with E-state index in [1.165, 1.54) is 205 Å². The minimum atomic E-state index is -4.43. The standard InChI is InChI=1S/C58H115N2O7P/c1-7-10-13-16-19-22-25-27-29-30-31-33-36-39-42-45-48-51-58(62)67-56(49-46-43-40-37-34-24-21-18-15-12-9-3)55(54-66-68(63,64)65-53-52-60(4,5)6)59-57(61)50-47-44-41-38-35-32-28-26-23-20-17-14-11-8-2/h46,49,55-56H,7-45,47-48,50-54H2,1-6H3,(H-,59,61,63,64)/p+1/b49-46+. The van der Waals surface area contributed by atoms with E-state index in [1.807, 2.05) is 33.3 Å². The molecule has 1 amide bonds. The van der Waals surface area contributed by atoms with Crippen LogP contribution in [0.5, 0.6) is 0 Å². The Hall–Kier alpha value is -1.25. The zero-order valence-electron chi connectivity index (χ0n) is 46.1. The zero-order valence-corrected chi connectivity index (χ0v) is 47.0. The number of carbonyl (C=O) groups excluding carboxylic acids is 2. The van der Waals surface area contributed by atoms with Gasteiger partial charge in [-0.2, -0.15) is 0 Å². The van der Waals surface area contributed by atoms with Gasteiger partial charge in [0.1, 0.15) is 19.3 Å². The lowest BCUT2D eigenvalue weighted by Crippen LogP contribution is -2.47. The summed E-state index contributed by atoms with van der Waals surface area (Å²) in [4.78, 5) is 37.6. The minimum Gasteiger partial charge on any atom is -0.456 e. The third-order valence-electron chi connectivity index (χ3n) is 13.5. The molecule has 0 heterocycles. The molecule has 0 aliphatic rings. The smallest absolute Gasteiger partial charge is 0.456 e. The molecule has 0 aliphatic carbocycles. The summed E-state index contributed by atoms with van der Waals surface area (Å²) >= 11 is 0. The highest BCUT2D eigenvalue weighted by molar-refractivity contribution is 7.47. The fraction of sp³-hybridized carbons (Fsp3) is 0.931. The maximum absolute atomic E-state index is 13.5. The number of ether oxygens (including phenoxy) is 1. The van der Waals surface area contributed by atoms with Gasteiger partial charge in [-0.15, -0.1) is 0 Å². The third kappa shape index (κ3) is 49.7. The summed E-state index contributed by atoms with van der Waals surface area (Å²) in [5.41, 5.74) is 0. The molecule has 0 aromatic heterocycles. The van der Waals surface area contributed by atoms with E-state index in [0.717, 1.165) is 57.8 Å². The monoisotopic (exact) mass is 984 g/mol. The van der Waals surface area contributed by atoms with Gasteiger partial charge in [0.05, 0.1) is 33.8 Å². The van der Waals surface area contributed by atoms with Crippen molar-refractivity contribution in [2.75, 3.05) is 40.9 Å². The van der Waals surface area contributed by atoms with Crippen molar-refractivity contribution in [2.24, 2.45) is 0 Å². The fourth-order valence-corrected chi connectivity index (χ4v) is 9.62. The number of nitrogens with zero attached hydrogens (tertiary/aromatic N) is 1. The van der Waals surface area contributed by atoms with Gasteiger partial charge in [0.2, 0.25) is 5.91 Å². The van der Waals surface area contributed by atoms with Crippen LogP contribution in [0.3, 0.4) is 0 Å². The van der Waals surface area contributed by atoms with E-state index in [1.54, 1.807) is 0 Å². The number of quaternary nitrogens is 1. The molecule has 0 radical (unpaired) electrons. The Morgan fingerprint density at radius 3 is 1.21 bits per heavy atom. The molecule has 404 valence electrons. The van der Waals surface area contributed by atoms with E-state index in [-0.39, 0.29) is 25.1 Å². The van der Waals surface area contributed by atoms with E-state index >= 15 is 0 Å². The van der Waals surface area contributed by atoms with E-state index in [2.05, 4.69) is 26.1 Å². The average molecular weight is 985 g/mol. The first-order chi connectivity index (χ1) is 32.9. The van der Waals surface area contributed by atoms with Crippen LogP contribution in [-0.4, -0.2) is 74.3 Å². The number of nitrogens with one attached hydrogen (secondary N) is 1. The van der Waals surface area contributed by atoms with Crippen LogP contribution in [-0.2, 0) is 27.9 Å². The van der Waals surface area contributed by atoms with Gasteiger partial charge in [-0.25, -0.2) is 4.57 Å². The van der Waals surface area contributed by atoms with Crippen molar-refractivity contribution < 1.29 is 37.3 Å². The Labute approximate surface area is 422 Å². The molecule has 0 spiro atoms. The highest BCUT2D eigenvalue weighted by Gasteiger charge is 2.30. The van der Waals surface area contributed by atoms with Crippen LogP contribution in [0, 0.1) is 0 Å². The second-order valence-corrected chi connectivity index (χ2v) is 23.0. The quantitative estimate of drug-likeness (QED) is 0.0205. The Kier molecular flexibility index (Phi) is 48.4. The largest absolute Gasteiger partial charge is 0.472 e. The Balaban J connectivity index is 5.24. The van der Waals surface area contributed by atoms with E-state index in [9.17, 15) is 19.0 Å². The van der Waals surface area contributed by atoms with Gasteiger partial charge in [-0.05, 0) is 31.8 Å². The summed E-state index contributed by atoms with van der Waals surface area (Å²) in [7, 11) is 1.51. The second kappa shape index (κ2) is 49.3. The topological polar surface area (TPSA) is 111 Å². The van der Waals surface area contributed by atoms with Crippen LogP contribution in [0.1, 0.15) is 297 Å². The van der Waals surface area contributed by atoms with Gasteiger partial charge < -0.3 is 19.4 Å². The number of carbonyl (C=O) groups is 2. The number of hydrogen-bond acceptors (Lipinski definition) is 6. The molecule has 0 aromatic rings. The van der Waals surface area contributed by atoms with Crippen molar-refractivity contribution in [3.8, 4) is 0 Å². The fourth-order valence-electron chi connectivity index (χ4n) is 8.88. The number of phosphoric acid groups is 1. The molecular formula is C58H116N2O7P+. The summed E-state index contributed by atoms with van der Waals surface area (Å²) in [5, 5.41) is 3.05. The lowest BCUT2D eigenvalue weighted by molar-refractivity contribution is -0.870. The number of amides is 1. The molecule has 2 N–H and O–H groups in total. The number of allylic oxidation sites excluding steroid dienone is 1. The molecule has 9 nitrogen and oxygen atoms in total. The highest BCUT2D eigenvalue weighted by atomic mass is 31.2. The molecule has 68 heavy (non-hydrogen) atoms. The van der Waals surface area contributed by atoms with Gasteiger partial charge in [0.25, 0.3) is 0 Å². The summed E-state index contributed by atoms with van der Waals surface area (Å²) in [6.07, 6.45) is 54.8. The molecule has 0 saturated carbocycles. The predicted molar refractivity (Wildman–Crippen MR) is 291 cm³/mol. The third-order valence-corrected chi connectivity index (χ3v) is 14.5. The van der Waals surface area contributed by atoms with Crippen LogP contribution in [0.25, 0.3) is 0 Å². The Morgan fingerprint density at radius 2 is 0.838 bits per heavy atom. The van der Waals surface area contributed by atoms with Gasteiger partial charge in [-0.3, -0.25) is 18.6 Å². The molecule has 0 bridgehead atoms. The van der Waals surface area contributed by atoms with Crippen molar-refractivity contribution >= 4 is 19.7 Å². The van der Waals surface area contributed by atoms with Crippen molar-refractivity contribution in [1.29, 1.82) is 0 Å². The van der Waals surface area contributed by atoms with Crippen molar-refractivity contribution in [3.05, 3.63) is 12.2 Å². The van der Waals surface area contributed by atoms with Gasteiger partial charge >= 0.3 is 13.8 Å². The average Bonchev–Trinajstić information content (AvgIpc) is 3.29. The maximum Gasteiger partial charge on any atom is 0.472 e. The molecule has 3 atom stereocenters. The van der Waals surface area contributed by atoms with Gasteiger partial charge in [0.15, 0.2) is 0 Å². The second-order valence-electron chi connectivity index (χ2n) is 21.5. The number of hydrogen-bond donors (Lipinski definition) is 2. The Morgan fingerprint density at radius 1 is 0.500 bits per heavy atom. The van der Waals surface area contributed by atoms with Gasteiger partial charge in [-0.1, -0.05) is 264 Å². The number of unbranched alkanes of at least 4 members (excludes halogenated alkanes) is 38. The van der Waals surface area contributed by atoms with Crippen LogP contribution in [0.15, 0.2) is 12.2 Å². The van der Waals surface area contributed by atoms with Crippen LogP contribution in [0.4, 0.5) is 0 Å². The SMILES string of the molecule is CCCCCCCCCCC/C=C/C(OC(=O)CCCCCCCCCCCCCCCCCCC)C(COP(=O)(O)OCC[N+](C)(C)C)NC(=O)CCCCCCCCCCCCCCCC. The van der Waals surface area contributed by atoms with Crippen LogP contribution in [0.2, 0.25) is 0 Å². The summed E-state index contributed by atoms with van der Waals surface area (Å²) in [6.45, 7) is 7.05. The lowest BCUT2D eigenvalue weighted by Gasteiger charge is -2.27. The molecule has 10 heteroatoms. The summed E-state index contributed by atoms with van der Waals surface area (Å²) in [6, 6.07) is -0.838. The number of likely N-dealkylation sites (N-methyl/N-ethyl adjacent to an activating group) is 1. The lowest BCUT2D eigenvalue weighted by atomic mass is 10.0. The minimum absolute atomic E-state index is 0.0455. The molecule has 0 fully saturated rings. The van der Waals surface area contributed by atoms with Crippen molar-refractivity contribution in [3.63, 3.8) is 0 Å². The summed E-state index contributed by atoms with van der Waals surface area (Å²) in [5.74, 6) is -0.487. The highest BCUT2D eigenvalue weighted by Crippen LogP contribution is 2.43. The van der Waals surface area contributed by atoms with E-state index in [0.29, 0.717) is 23.9 Å². The molecular weight excluding hydrogens is 868 g/mol.